The zero-order valence-electron chi connectivity index (χ0n) is 12.3. The normalized spacial score (nSPS) is 22.9. The quantitative estimate of drug-likeness (QED) is 0.692. The van der Waals surface area contributed by atoms with Gasteiger partial charge in [0.2, 0.25) is 0 Å². The van der Waals surface area contributed by atoms with Crippen LogP contribution in [0.15, 0.2) is 12.4 Å². The molecule has 1 aliphatic heterocycles. The molecule has 0 N–H and O–H groups in total. The molecule has 1 aromatic rings. The average Bonchev–Trinajstić information content (AvgIpc) is 2.71. The molecule has 0 saturated carbocycles. The Balaban J connectivity index is 2.25. The highest BCUT2D eigenvalue weighted by Crippen LogP contribution is 2.37. The molecule has 2 heterocycles. The molecule has 0 aliphatic carbocycles. The molecule has 1 saturated heterocycles. The predicted octanol–water partition coefficient (Wildman–Crippen LogP) is 3.33. The minimum atomic E-state index is -0.493. The van der Waals surface area contributed by atoms with E-state index in [1.54, 1.807) is 17.3 Å². The molecule has 0 bridgehead atoms. The summed E-state index contributed by atoms with van der Waals surface area (Å²) in [6.45, 7) is 8.31. The number of halogens is 1. The van der Waals surface area contributed by atoms with E-state index in [4.69, 9.17) is 4.74 Å². The number of hydrogen-bond acceptors (Lipinski definition) is 4. The third-order valence-corrected chi connectivity index (χ3v) is 3.91. The van der Waals surface area contributed by atoms with Crippen LogP contribution in [0.2, 0.25) is 0 Å². The van der Waals surface area contributed by atoms with Gasteiger partial charge in [-0.3, -0.25) is 4.90 Å². The van der Waals surface area contributed by atoms with Crippen LogP contribution in [0.4, 0.5) is 4.79 Å². The van der Waals surface area contributed by atoms with Crippen LogP contribution in [0.1, 0.15) is 46.4 Å². The first-order valence-corrected chi connectivity index (χ1v) is 7.79. The van der Waals surface area contributed by atoms with E-state index in [2.05, 4.69) is 32.6 Å². The molecule has 110 valence electrons. The number of aromatic nitrogens is 2. The minimum Gasteiger partial charge on any atom is -0.444 e. The van der Waals surface area contributed by atoms with Crippen molar-refractivity contribution in [3.63, 3.8) is 0 Å². The SMILES string of the molecule is CC(C)(C)OC(=O)N1CCCC1(C)c1ncc(I)cn1. The Morgan fingerprint density at radius 1 is 1.40 bits per heavy atom. The van der Waals surface area contributed by atoms with Gasteiger partial charge in [0, 0.05) is 22.5 Å². The van der Waals surface area contributed by atoms with Crippen molar-refractivity contribution < 1.29 is 9.53 Å². The first-order chi connectivity index (χ1) is 9.22. The number of ether oxygens (including phenoxy) is 1. The maximum absolute atomic E-state index is 12.4. The van der Waals surface area contributed by atoms with E-state index < -0.39 is 11.1 Å². The topological polar surface area (TPSA) is 55.3 Å². The molecule has 0 radical (unpaired) electrons. The Hall–Kier alpha value is -0.920. The van der Waals surface area contributed by atoms with E-state index in [0.717, 1.165) is 16.4 Å². The van der Waals surface area contributed by atoms with Crippen molar-refractivity contribution in [2.24, 2.45) is 0 Å². The zero-order valence-corrected chi connectivity index (χ0v) is 14.5. The molecule has 1 atom stereocenters. The van der Waals surface area contributed by atoms with Gasteiger partial charge in [0.25, 0.3) is 0 Å². The third-order valence-electron chi connectivity index (χ3n) is 3.36. The van der Waals surface area contributed by atoms with Crippen LogP contribution >= 0.6 is 22.6 Å². The summed E-state index contributed by atoms with van der Waals surface area (Å²) in [7, 11) is 0. The van der Waals surface area contributed by atoms with Crippen LogP contribution in [0.25, 0.3) is 0 Å². The number of hydrogen-bond donors (Lipinski definition) is 0. The highest BCUT2D eigenvalue weighted by Gasteiger charge is 2.44. The van der Waals surface area contributed by atoms with E-state index in [-0.39, 0.29) is 6.09 Å². The molecule has 0 aromatic carbocycles. The van der Waals surface area contributed by atoms with Gasteiger partial charge in [-0.1, -0.05) is 0 Å². The molecular weight excluding hydrogens is 369 g/mol. The summed E-state index contributed by atoms with van der Waals surface area (Å²) in [5.41, 5.74) is -0.972. The van der Waals surface area contributed by atoms with E-state index in [0.29, 0.717) is 12.4 Å². The van der Waals surface area contributed by atoms with Crippen LogP contribution in [0.5, 0.6) is 0 Å². The molecular formula is C14H20IN3O2. The van der Waals surface area contributed by atoms with Crippen molar-refractivity contribution in [1.82, 2.24) is 14.9 Å². The summed E-state index contributed by atoms with van der Waals surface area (Å²) in [4.78, 5) is 22.9. The first-order valence-electron chi connectivity index (χ1n) is 6.71. The molecule has 1 amide bonds. The van der Waals surface area contributed by atoms with E-state index in [1.807, 2.05) is 27.7 Å². The molecule has 6 heteroatoms. The van der Waals surface area contributed by atoms with Gasteiger partial charge in [-0.15, -0.1) is 0 Å². The second kappa shape index (κ2) is 5.46. The number of rotatable bonds is 1. The number of likely N-dealkylation sites (tertiary alicyclic amines) is 1. The molecule has 2 rings (SSSR count). The van der Waals surface area contributed by atoms with Crippen LogP contribution in [0, 0.1) is 3.57 Å². The lowest BCUT2D eigenvalue weighted by molar-refractivity contribution is 0.00852. The molecule has 1 unspecified atom stereocenters. The van der Waals surface area contributed by atoms with Gasteiger partial charge in [-0.25, -0.2) is 14.8 Å². The highest BCUT2D eigenvalue weighted by atomic mass is 127. The Kier molecular flexibility index (Phi) is 4.22. The van der Waals surface area contributed by atoms with Gasteiger partial charge < -0.3 is 4.74 Å². The van der Waals surface area contributed by atoms with Gasteiger partial charge in [0.05, 0.1) is 0 Å². The Bertz CT molecular complexity index is 498. The monoisotopic (exact) mass is 389 g/mol. The first kappa shape index (κ1) is 15.5. The summed E-state index contributed by atoms with van der Waals surface area (Å²) < 4.78 is 6.48. The van der Waals surface area contributed by atoms with Crippen LogP contribution in [-0.4, -0.2) is 33.1 Å². The fourth-order valence-corrected chi connectivity index (χ4v) is 2.67. The van der Waals surface area contributed by atoms with Gasteiger partial charge in [-0.05, 0) is 63.1 Å². The largest absolute Gasteiger partial charge is 0.444 e. The fraction of sp³-hybridized carbons (Fsp3) is 0.643. The van der Waals surface area contributed by atoms with Crippen molar-refractivity contribution in [1.29, 1.82) is 0 Å². The molecule has 5 nitrogen and oxygen atoms in total. The summed E-state index contributed by atoms with van der Waals surface area (Å²) >= 11 is 2.17. The van der Waals surface area contributed by atoms with Crippen LogP contribution in [0.3, 0.4) is 0 Å². The average molecular weight is 389 g/mol. The van der Waals surface area contributed by atoms with Crippen LogP contribution < -0.4 is 0 Å². The highest BCUT2D eigenvalue weighted by molar-refractivity contribution is 14.1. The van der Waals surface area contributed by atoms with Gasteiger partial charge in [0.1, 0.15) is 11.1 Å². The van der Waals surface area contributed by atoms with E-state index in [9.17, 15) is 4.79 Å². The van der Waals surface area contributed by atoms with Gasteiger partial charge >= 0.3 is 6.09 Å². The van der Waals surface area contributed by atoms with E-state index in [1.165, 1.54) is 0 Å². The molecule has 1 aromatic heterocycles. The molecule has 20 heavy (non-hydrogen) atoms. The molecule has 1 aliphatic rings. The van der Waals surface area contributed by atoms with Crippen molar-refractivity contribution in [2.75, 3.05) is 6.54 Å². The minimum absolute atomic E-state index is 0.292. The summed E-state index contributed by atoms with van der Waals surface area (Å²) in [5.74, 6) is 0.682. The van der Waals surface area contributed by atoms with Crippen molar-refractivity contribution in [2.45, 2.75) is 51.7 Å². The zero-order chi connectivity index (χ0) is 15.0. The molecule has 0 spiro atoms. The van der Waals surface area contributed by atoms with Gasteiger partial charge in [0.15, 0.2) is 5.82 Å². The number of carbonyl (C=O) groups is 1. The summed E-state index contributed by atoms with van der Waals surface area (Å²) in [6.07, 6.45) is 5.05. The maximum atomic E-state index is 12.4. The lowest BCUT2D eigenvalue weighted by Gasteiger charge is -2.35. The van der Waals surface area contributed by atoms with Crippen molar-refractivity contribution >= 4 is 28.7 Å². The number of nitrogens with zero attached hydrogens (tertiary/aromatic N) is 3. The smallest absolute Gasteiger partial charge is 0.411 e. The summed E-state index contributed by atoms with van der Waals surface area (Å²) in [5, 5.41) is 0. The standard InChI is InChI=1S/C14H20IN3O2/c1-13(2,3)20-12(19)18-7-5-6-14(18,4)11-16-8-10(15)9-17-11/h8-9H,5-7H2,1-4H3. The van der Waals surface area contributed by atoms with Crippen molar-refractivity contribution in [3.05, 3.63) is 21.8 Å². The second-order valence-corrected chi connectivity index (χ2v) is 7.48. The second-order valence-electron chi connectivity index (χ2n) is 6.23. The maximum Gasteiger partial charge on any atom is 0.411 e. The molecule has 1 fully saturated rings. The van der Waals surface area contributed by atoms with Crippen LogP contribution in [-0.2, 0) is 10.3 Å². The van der Waals surface area contributed by atoms with Crippen molar-refractivity contribution in [3.8, 4) is 0 Å². The lowest BCUT2D eigenvalue weighted by Crippen LogP contribution is -2.46. The van der Waals surface area contributed by atoms with Gasteiger partial charge in [-0.2, -0.15) is 0 Å². The Morgan fingerprint density at radius 3 is 2.55 bits per heavy atom. The predicted molar refractivity (Wildman–Crippen MR) is 84.3 cm³/mol. The number of carbonyl (C=O) groups excluding carboxylic acids is 1. The third kappa shape index (κ3) is 3.21. The summed E-state index contributed by atoms with van der Waals surface area (Å²) in [6, 6.07) is 0. The van der Waals surface area contributed by atoms with E-state index >= 15 is 0 Å². The fourth-order valence-electron chi connectivity index (χ4n) is 2.40. The Morgan fingerprint density at radius 2 is 2.00 bits per heavy atom. The number of amides is 1. The lowest BCUT2D eigenvalue weighted by atomic mass is 9.98. The Labute approximate surface area is 133 Å².